The molecule has 0 amide bonds. The first kappa shape index (κ1) is 25.0. The molecule has 0 aromatic rings. The highest BCUT2D eigenvalue weighted by atomic mass is 16.6. The van der Waals surface area contributed by atoms with Crippen molar-refractivity contribution >= 4 is 11.9 Å². The lowest BCUT2D eigenvalue weighted by molar-refractivity contribution is -0.277. The van der Waals surface area contributed by atoms with Crippen LogP contribution in [0, 0.1) is 40.4 Å². The molecule has 13 atom stereocenters. The molecule has 4 unspecified atom stereocenters. The van der Waals surface area contributed by atoms with E-state index in [-0.39, 0.29) is 66.4 Å². The summed E-state index contributed by atoms with van der Waals surface area (Å²) in [6.07, 6.45) is 0.966. The average Bonchev–Trinajstić information content (AvgIpc) is 3.26. The normalized spacial score (nSPS) is 54.3. The standard InChI is InChI=1S/C27H41NO8/c1-6-28-11-25(12-29)8-7-18(32)27-16-9-15-17(33-4)10-26(36-14(3)31,19(16)21(15)35-13(2)30)20(24(27)28)22(34-5)23(25)27/h15-24,29,32H,6-12H2,1-5H3/t15-,16-,17+,18?,19-,20+,21?,22?,23-,24+,25+,26-,27?/m1/s1. The largest absolute Gasteiger partial charge is 0.462 e. The monoisotopic (exact) mass is 507 g/mol. The molecular weight excluding hydrogens is 466 g/mol. The van der Waals surface area contributed by atoms with E-state index in [0.29, 0.717) is 12.8 Å². The van der Waals surface area contributed by atoms with Crippen molar-refractivity contribution in [3.63, 3.8) is 0 Å². The number of carbonyl (C=O) groups excluding carboxylic acids is 2. The zero-order chi connectivity index (χ0) is 25.8. The van der Waals surface area contributed by atoms with Crippen LogP contribution in [-0.2, 0) is 28.5 Å². The Morgan fingerprint density at radius 2 is 1.83 bits per heavy atom. The molecule has 6 fully saturated rings. The molecule has 36 heavy (non-hydrogen) atoms. The molecule has 6 rings (SSSR count). The van der Waals surface area contributed by atoms with Gasteiger partial charge < -0.3 is 29.2 Å². The van der Waals surface area contributed by atoms with Crippen molar-refractivity contribution in [3.8, 4) is 0 Å². The highest BCUT2D eigenvalue weighted by Crippen LogP contribution is 2.79. The van der Waals surface area contributed by atoms with Gasteiger partial charge in [-0.2, -0.15) is 0 Å². The number of piperidine rings is 1. The molecule has 0 aromatic heterocycles. The third kappa shape index (κ3) is 2.69. The molecule has 1 aliphatic heterocycles. The minimum Gasteiger partial charge on any atom is -0.462 e. The van der Waals surface area contributed by atoms with Gasteiger partial charge in [0, 0.05) is 81.6 Å². The van der Waals surface area contributed by atoms with Gasteiger partial charge in [-0.25, -0.2) is 0 Å². The molecule has 1 saturated heterocycles. The molecule has 0 aromatic carbocycles. The number of methoxy groups -OCH3 is 2. The van der Waals surface area contributed by atoms with Crippen molar-refractivity contribution in [2.45, 2.75) is 82.5 Å². The summed E-state index contributed by atoms with van der Waals surface area (Å²) < 4.78 is 24.9. The zero-order valence-electron chi connectivity index (χ0n) is 22.0. The SMILES string of the molecule is CCN1C[C@]2(CO)CCC(O)C34[C@@H]5C[C@H]6C(OC(C)=O)[C@@H]5[C@](OC(C)=O)(C[C@@H]6OC)[C@@H](C(OC)[C@@H]32)[C@H]14. The lowest BCUT2D eigenvalue weighted by atomic mass is 9.43. The van der Waals surface area contributed by atoms with Gasteiger partial charge in [0.25, 0.3) is 0 Å². The second-order valence-electron chi connectivity index (χ2n) is 12.4. The van der Waals surface area contributed by atoms with Crippen LogP contribution in [0.4, 0.5) is 0 Å². The maximum absolute atomic E-state index is 12.8. The van der Waals surface area contributed by atoms with Crippen LogP contribution in [0.5, 0.6) is 0 Å². The van der Waals surface area contributed by atoms with Gasteiger partial charge in [-0.3, -0.25) is 14.5 Å². The lowest BCUT2D eigenvalue weighted by Gasteiger charge is -2.68. The summed E-state index contributed by atoms with van der Waals surface area (Å²) in [6.45, 7) is 6.52. The van der Waals surface area contributed by atoms with Gasteiger partial charge in [0.05, 0.1) is 24.9 Å². The van der Waals surface area contributed by atoms with Crippen LogP contribution in [0.1, 0.15) is 46.5 Å². The first-order chi connectivity index (χ1) is 17.2. The number of hydrogen-bond acceptors (Lipinski definition) is 9. The molecule has 202 valence electrons. The van der Waals surface area contributed by atoms with Crippen LogP contribution >= 0.6 is 0 Å². The number of aliphatic hydroxyl groups is 2. The van der Waals surface area contributed by atoms with Gasteiger partial charge in [0.15, 0.2) is 0 Å². The number of likely N-dealkylation sites (tertiary alicyclic amines) is 1. The molecule has 7 bridgehead atoms. The Labute approximate surface area is 212 Å². The van der Waals surface area contributed by atoms with Gasteiger partial charge in [0.2, 0.25) is 0 Å². The molecule has 1 spiro atoms. The predicted molar refractivity (Wildman–Crippen MR) is 127 cm³/mol. The van der Waals surface area contributed by atoms with Crippen molar-refractivity contribution in [2.75, 3.05) is 33.9 Å². The number of carbonyl (C=O) groups is 2. The topological polar surface area (TPSA) is 115 Å². The summed E-state index contributed by atoms with van der Waals surface area (Å²) in [5, 5.41) is 23.0. The first-order valence-electron chi connectivity index (χ1n) is 13.6. The van der Waals surface area contributed by atoms with Gasteiger partial charge in [-0.1, -0.05) is 6.92 Å². The van der Waals surface area contributed by atoms with Gasteiger partial charge in [0.1, 0.15) is 11.7 Å². The second-order valence-corrected chi connectivity index (χ2v) is 12.4. The van der Waals surface area contributed by atoms with Crippen molar-refractivity contribution in [3.05, 3.63) is 0 Å². The van der Waals surface area contributed by atoms with E-state index in [1.54, 1.807) is 14.2 Å². The quantitative estimate of drug-likeness (QED) is 0.508. The molecule has 1 heterocycles. The molecule has 5 saturated carbocycles. The number of rotatable bonds is 6. The lowest BCUT2D eigenvalue weighted by Crippen LogP contribution is -2.76. The molecule has 2 N–H and O–H groups in total. The van der Waals surface area contributed by atoms with E-state index in [4.69, 9.17) is 18.9 Å². The van der Waals surface area contributed by atoms with Crippen LogP contribution in [0.2, 0.25) is 0 Å². The Kier molecular flexibility index (Phi) is 5.65. The van der Waals surface area contributed by atoms with Crippen LogP contribution in [0.25, 0.3) is 0 Å². The summed E-state index contributed by atoms with van der Waals surface area (Å²) in [4.78, 5) is 27.6. The van der Waals surface area contributed by atoms with E-state index in [2.05, 4.69) is 11.8 Å². The molecule has 5 aliphatic carbocycles. The predicted octanol–water partition coefficient (Wildman–Crippen LogP) is 0.990. The number of hydrogen-bond donors (Lipinski definition) is 2. The van der Waals surface area contributed by atoms with Crippen molar-refractivity contribution in [2.24, 2.45) is 40.4 Å². The third-order valence-electron chi connectivity index (χ3n) is 11.6. The smallest absolute Gasteiger partial charge is 0.303 e. The van der Waals surface area contributed by atoms with Crippen molar-refractivity contribution in [1.29, 1.82) is 0 Å². The first-order valence-corrected chi connectivity index (χ1v) is 13.6. The Morgan fingerprint density at radius 3 is 2.42 bits per heavy atom. The summed E-state index contributed by atoms with van der Waals surface area (Å²) in [5.74, 6) is -1.41. The highest BCUT2D eigenvalue weighted by Gasteiger charge is 2.87. The maximum Gasteiger partial charge on any atom is 0.303 e. The van der Waals surface area contributed by atoms with E-state index >= 15 is 0 Å². The summed E-state index contributed by atoms with van der Waals surface area (Å²) in [7, 11) is 3.38. The zero-order valence-corrected chi connectivity index (χ0v) is 22.0. The molecular formula is C27H41NO8. The fourth-order valence-electron chi connectivity index (χ4n) is 11.1. The Morgan fingerprint density at radius 1 is 1.08 bits per heavy atom. The molecule has 6 aliphatic rings. The third-order valence-corrected chi connectivity index (χ3v) is 11.6. The van der Waals surface area contributed by atoms with Crippen LogP contribution < -0.4 is 0 Å². The summed E-state index contributed by atoms with van der Waals surface area (Å²) >= 11 is 0. The highest BCUT2D eigenvalue weighted by molar-refractivity contribution is 5.68. The van der Waals surface area contributed by atoms with E-state index in [0.717, 1.165) is 25.9 Å². The Bertz CT molecular complexity index is 945. The van der Waals surface area contributed by atoms with Gasteiger partial charge in [-0.15, -0.1) is 0 Å². The molecule has 0 radical (unpaired) electrons. The number of nitrogens with zero attached hydrogens (tertiary/aromatic N) is 1. The van der Waals surface area contributed by atoms with E-state index < -0.39 is 28.6 Å². The van der Waals surface area contributed by atoms with Gasteiger partial charge in [-0.05, 0) is 31.7 Å². The van der Waals surface area contributed by atoms with Crippen molar-refractivity contribution in [1.82, 2.24) is 4.90 Å². The Hall–Kier alpha value is -1.26. The van der Waals surface area contributed by atoms with Crippen LogP contribution in [0.15, 0.2) is 0 Å². The van der Waals surface area contributed by atoms with E-state index in [9.17, 15) is 19.8 Å². The van der Waals surface area contributed by atoms with Crippen LogP contribution in [0.3, 0.4) is 0 Å². The van der Waals surface area contributed by atoms with E-state index in [1.807, 2.05) is 0 Å². The second kappa shape index (κ2) is 8.12. The minimum atomic E-state index is -0.961. The van der Waals surface area contributed by atoms with Crippen molar-refractivity contribution < 1.29 is 38.7 Å². The molecule has 9 heteroatoms. The number of fused-ring (bicyclic) bond motifs is 2. The van der Waals surface area contributed by atoms with Gasteiger partial charge >= 0.3 is 11.9 Å². The van der Waals surface area contributed by atoms with Crippen LogP contribution in [-0.4, -0.2) is 97.0 Å². The fourth-order valence-corrected chi connectivity index (χ4v) is 11.1. The minimum absolute atomic E-state index is 0.0252. The number of esters is 2. The summed E-state index contributed by atoms with van der Waals surface area (Å²) in [5.41, 5.74) is -1.92. The van der Waals surface area contributed by atoms with E-state index in [1.165, 1.54) is 13.8 Å². The number of aliphatic hydroxyl groups excluding tert-OH is 2. The Balaban J connectivity index is 1.65. The fraction of sp³-hybridized carbons (Fsp3) is 0.926. The molecule has 9 nitrogen and oxygen atoms in total. The average molecular weight is 508 g/mol. The summed E-state index contributed by atoms with van der Waals surface area (Å²) in [6, 6.07) is -0.0691. The maximum atomic E-state index is 12.8. The number of ether oxygens (including phenoxy) is 4.